The molecule has 72 heavy (non-hydrogen) atoms. The van der Waals surface area contributed by atoms with Crippen molar-refractivity contribution in [2.24, 2.45) is 20.5 Å². The van der Waals surface area contributed by atoms with Gasteiger partial charge in [0, 0.05) is 77.4 Å². The number of fused-ring (bicyclic) bond motifs is 2. The van der Waals surface area contributed by atoms with Crippen LogP contribution in [-0.4, -0.2) is 156 Å². The first kappa shape index (κ1) is 64.8. The summed E-state index contributed by atoms with van der Waals surface area (Å²) in [6, 6.07) is 21.8. The molecule has 0 unspecified atom stereocenters. The van der Waals surface area contributed by atoms with Crippen molar-refractivity contribution in [3.63, 3.8) is 0 Å². The fraction of sp³-hybridized carbons (Fsp3) is 0.273. The SMILES string of the molecule is O=S(=O)(O)c1ccc2c(N=Nc3cc(Cl)ccc3O)c(O)ccc2c1.O=S(=O)(O)c1ccc2c(N=Nc3cc(Cl)ccc3O)c(O)ccc2c1.OCCNCCO.OCCNCCO.OCCNCCO.[Cr].[H+].[H+].[H+]. The monoisotopic (exact) mass is 1130 g/mol. The third kappa shape index (κ3) is 23.1. The van der Waals surface area contributed by atoms with Crippen molar-refractivity contribution in [2.75, 3.05) is 78.9 Å². The van der Waals surface area contributed by atoms with E-state index in [0.717, 1.165) is 0 Å². The van der Waals surface area contributed by atoms with Gasteiger partial charge < -0.3 is 67.0 Å². The van der Waals surface area contributed by atoms with E-state index in [1.807, 2.05) is 0 Å². The minimum absolute atomic E-state index is 0. The van der Waals surface area contributed by atoms with Crippen molar-refractivity contribution >= 4 is 87.7 Å². The van der Waals surface area contributed by atoms with Gasteiger partial charge in [0.2, 0.25) is 0 Å². The number of phenolic OH excluding ortho intramolecular Hbond substituents is 4. The van der Waals surface area contributed by atoms with Gasteiger partial charge in [-0.1, -0.05) is 47.5 Å². The van der Waals surface area contributed by atoms with Crippen molar-refractivity contribution in [1.29, 1.82) is 0 Å². The van der Waals surface area contributed by atoms with Crippen molar-refractivity contribution in [3.05, 3.63) is 107 Å². The molecule has 0 aliphatic carbocycles. The van der Waals surface area contributed by atoms with Gasteiger partial charge in [-0.25, -0.2) is 0 Å². The number of phenols is 4. The van der Waals surface area contributed by atoms with Crippen LogP contribution in [0.2, 0.25) is 10.0 Å². The van der Waals surface area contributed by atoms with E-state index in [4.69, 9.17) is 62.9 Å². The van der Waals surface area contributed by atoms with Gasteiger partial charge in [-0.3, -0.25) is 9.11 Å². The number of aliphatic hydroxyl groups is 6. The van der Waals surface area contributed by atoms with Gasteiger partial charge in [-0.2, -0.15) is 16.8 Å². The molecule has 0 saturated carbocycles. The summed E-state index contributed by atoms with van der Waals surface area (Å²) < 4.78 is 63.2. The average Bonchev–Trinajstić information content (AvgIpc) is 3.33. The number of rotatable bonds is 18. The molecular formula is C44H58Cl2CrN7O16S2+3. The number of halogens is 2. The first-order chi connectivity index (χ1) is 33.7. The summed E-state index contributed by atoms with van der Waals surface area (Å²) in [7, 11) is -8.69. The second-order valence-corrected chi connectivity index (χ2v) is 17.6. The minimum Gasteiger partial charge on any atom is -0.506 e. The average molecular weight is 1130 g/mol. The summed E-state index contributed by atoms with van der Waals surface area (Å²) in [6.45, 7) is 4.25. The summed E-state index contributed by atoms with van der Waals surface area (Å²) >= 11 is 11.7. The minimum atomic E-state index is -4.35. The Labute approximate surface area is 439 Å². The number of aromatic hydroxyl groups is 4. The standard InChI is InChI=1S/2C16H11ClN2O5S.3C4H11NO2.Cr/c2*17-10-2-6-14(20)13(8-10)18-19-16-12-4-3-11(25(22,23)24)7-9(12)1-5-15(16)21;3*6-3-1-5-2-4-7;/h2*1-8,20-21H,(H,22,23,24);3*5-7H,1-4H2;/p+3. The molecule has 0 atom stereocenters. The molecule has 0 fully saturated rings. The maximum absolute atomic E-state index is 11.2. The van der Waals surface area contributed by atoms with E-state index in [9.17, 15) is 37.3 Å². The van der Waals surface area contributed by atoms with E-state index in [2.05, 4.69) is 36.4 Å². The number of aliphatic hydroxyl groups excluding tert-OH is 6. The topological polar surface area (TPSA) is 397 Å². The van der Waals surface area contributed by atoms with E-state index in [1.165, 1.54) is 97.1 Å². The van der Waals surface area contributed by atoms with E-state index in [0.29, 0.717) is 70.9 Å². The van der Waals surface area contributed by atoms with Crippen molar-refractivity contribution in [3.8, 4) is 23.0 Å². The fourth-order valence-electron chi connectivity index (χ4n) is 5.30. The number of nitrogens with one attached hydrogen (secondary N) is 3. The molecule has 394 valence electrons. The van der Waals surface area contributed by atoms with Gasteiger partial charge in [-0.05, 0) is 83.6 Å². The number of hydrogen-bond donors (Lipinski definition) is 15. The van der Waals surface area contributed by atoms with E-state index >= 15 is 0 Å². The second-order valence-electron chi connectivity index (χ2n) is 13.8. The molecule has 0 aliphatic heterocycles. The summed E-state index contributed by atoms with van der Waals surface area (Å²) in [6.07, 6.45) is 0. The number of nitrogens with zero attached hydrogens (tertiary/aromatic N) is 4. The second kappa shape index (κ2) is 34.3. The van der Waals surface area contributed by atoms with Crippen LogP contribution in [0.15, 0.2) is 127 Å². The Balaban J connectivity index is -0.000000968. The molecule has 0 radical (unpaired) electrons. The van der Waals surface area contributed by atoms with Crippen LogP contribution < -0.4 is 16.0 Å². The molecule has 0 aliphatic rings. The Morgan fingerprint density at radius 2 is 0.708 bits per heavy atom. The third-order valence-corrected chi connectivity index (χ3v) is 10.8. The Morgan fingerprint density at radius 1 is 0.417 bits per heavy atom. The third-order valence-electron chi connectivity index (χ3n) is 8.60. The van der Waals surface area contributed by atoms with E-state index in [-0.39, 0.29) is 117 Å². The largest absolute Gasteiger partial charge is 1.00 e. The Hall–Kier alpha value is -5.19. The van der Waals surface area contributed by atoms with Crippen molar-refractivity contribution < 1.29 is 98.6 Å². The smallest absolute Gasteiger partial charge is 0.506 e. The first-order valence-corrected chi connectivity index (χ1v) is 24.4. The quantitative estimate of drug-likeness (QED) is 0.0300. The van der Waals surface area contributed by atoms with Gasteiger partial charge in [-0.15, -0.1) is 20.5 Å². The normalized spacial score (nSPS) is 11.1. The zero-order valence-corrected chi connectivity index (χ0v) is 42.4. The van der Waals surface area contributed by atoms with Gasteiger partial charge >= 0.3 is 4.28 Å². The molecule has 28 heteroatoms. The Bertz CT molecular complexity index is 2700. The molecule has 6 rings (SSSR count). The number of azo groups is 2. The molecule has 0 bridgehead atoms. The van der Waals surface area contributed by atoms with Gasteiger partial charge in [0.25, 0.3) is 20.2 Å². The molecule has 0 saturated heterocycles. The Morgan fingerprint density at radius 3 is 0.986 bits per heavy atom. The Kier molecular flexibility index (Phi) is 30.9. The van der Waals surface area contributed by atoms with Crippen LogP contribution in [0.1, 0.15) is 4.28 Å². The van der Waals surface area contributed by atoms with Gasteiger partial charge in [0.1, 0.15) is 45.7 Å². The summed E-state index contributed by atoms with van der Waals surface area (Å²) in [5, 5.41) is 115. The number of benzene rings is 6. The van der Waals surface area contributed by atoms with Crippen LogP contribution in [0.3, 0.4) is 0 Å². The zero-order chi connectivity index (χ0) is 53.0. The molecule has 0 aromatic heterocycles. The maximum Gasteiger partial charge on any atom is 1.00 e. The van der Waals surface area contributed by atoms with Crippen molar-refractivity contribution in [2.45, 2.75) is 9.79 Å². The molecular weight excluding hydrogens is 1070 g/mol. The molecule has 6 aromatic rings. The van der Waals surface area contributed by atoms with Crippen LogP contribution in [0.25, 0.3) is 21.5 Å². The van der Waals surface area contributed by atoms with Gasteiger partial charge in [0.05, 0.1) is 49.4 Å². The van der Waals surface area contributed by atoms with Crippen LogP contribution in [0.5, 0.6) is 23.0 Å². The molecule has 0 amide bonds. The van der Waals surface area contributed by atoms with Crippen LogP contribution in [0, 0.1) is 0 Å². The van der Waals surface area contributed by atoms with Crippen LogP contribution in [0.4, 0.5) is 22.7 Å². The molecule has 0 heterocycles. The van der Waals surface area contributed by atoms with Crippen LogP contribution in [-0.2, 0) is 37.6 Å². The molecule has 23 nitrogen and oxygen atoms in total. The molecule has 0 spiro atoms. The molecule has 6 aromatic carbocycles. The van der Waals surface area contributed by atoms with Gasteiger partial charge in [0.15, 0.2) is 0 Å². The van der Waals surface area contributed by atoms with E-state index < -0.39 is 20.2 Å². The number of hydrogen-bond acceptors (Lipinski definition) is 21. The first-order valence-electron chi connectivity index (χ1n) is 20.8. The summed E-state index contributed by atoms with van der Waals surface area (Å²) in [5.41, 5.74) is 0.384. The predicted octanol–water partition coefficient (Wildman–Crippen LogP) is 5.15. The summed E-state index contributed by atoms with van der Waals surface area (Å²) in [4.78, 5) is -0.554. The van der Waals surface area contributed by atoms with Crippen molar-refractivity contribution in [1.82, 2.24) is 16.0 Å². The zero-order valence-electron chi connectivity index (χ0n) is 41.0. The van der Waals surface area contributed by atoms with E-state index in [1.54, 1.807) is 0 Å². The fourth-order valence-corrected chi connectivity index (χ4v) is 6.67. The molecule has 15 N–H and O–H groups in total. The summed E-state index contributed by atoms with van der Waals surface area (Å²) in [5.74, 6) is -0.641. The maximum atomic E-state index is 11.2. The van der Waals surface area contributed by atoms with Crippen LogP contribution >= 0.6 is 23.2 Å². The predicted molar refractivity (Wildman–Crippen MR) is 270 cm³/mol.